The van der Waals surface area contributed by atoms with Gasteiger partial charge in [-0.1, -0.05) is 43.8 Å². The van der Waals surface area contributed by atoms with Gasteiger partial charge >= 0.3 is 0 Å². The van der Waals surface area contributed by atoms with E-state index in [1.165, 1.54) is 17.3 Å². The Labute approximate surface area is 199 Å². The van der Waals surface area contributed by atoms with Gasteiger partial charge in [0.05, 0.1) is 16.8 Å². The van der Waals surface area contributed by atoms with Gasteiger partial charge in [-0.25, -0.2) is 4.98 Å². The molecule has 2 atom stereocenters. The van der Waals surface area contributed by atoms with Crippen molar-refractivity contribution in [2.24, 2.45) is 11.8 Å². The molecule has 174 valence electrons. The Morgan fingerprint density at radius 2 is 1.79 bits per heavy atom. The summed E-state index contributed by atoms with van der Waals surface area (Å²) < 4.78 is 1.95. The zero-order valence-electron chi connectivity index (χ0n) is 19.8. The van der Waals surface area contributed by atoms with Gasteiger partial charge < -0.3 is 14.8 Å². The number of imidazole rings is 1. The van der Waals surface area contributed by atoms with E-state index in [-0.39, 0.29) is 24.1 Å². The molecule has 0 aliphatic carbocycles. The summed E-state index contributed by atoms with van der Waals surface area (Å²) in [4.78, 5) is 32.5. The predicted octanol–water partition coefficient (Wildman–Crippen LogP) is 4.89. The predicted molar refractivity (Wildman–Crippen MR) is 135 cm³/mol. The molecule has 33 heavy (non-hydrogen) atoms. The number of hydrogen-bond acceptors (Lipinski definition) is 4. The van der Waals surface area contributed by atoms with Crippen LogP contribution in [0.5, 0.6) is 0 Å². The molecule has 7 heteroatoms. The number of carbonyl (C=O) groups is 2. The first-order valence-corrected chi connectivity index (χ1v) is 12.5. The number of anilines is 1. The maximum absolute atomic E-state index is 13.2. The molecule has 1 aliphatic heterocycles. The molecule has 0 unspecified atom stereocenters. The second kappa shape index (κ2) is 10.00. The van der Waals surface area contributed by atoms with Crippen LogP contribution < -0.4 is 5.32 Å². The zero-order valence-corrected chi connectivity index (χ0v) is 20.6. The number of piperidine rings is 1. The lowest BCUT2D eigenvalue weighted by atomic mass is 9.92. The summed E-state index contributed by atoms with van der Waals surface area (Å²) in [6.45, 7) is 10.3. The number of para-hydroxylation sites is 2. The van der Waals surface area contributed by atoms with Crippen molar-refractivity contribution in [2.45, 2.75) is 45.8 Å². The molecule has 0 radical (unpaired) electrons. The lowest BCUT2D eigenvalue weighted by Gasteiger charge is -2.35. The van der Waals surface area contributed by atoms with E-state index in [0.717, 1.165) is 41.8 Å². The van der Waals surface area contributed by atoms with Crippen LogP contribution >= 0.6 is 11.8 Å². The molecule has 0 bridgehead atoms. The van der Waals surface area contributed by atoms with E-state index in [0.29, 0.717) is 17.0 Å². The Hall–Kier alpha value is -2.80. The summed E-state index contributed by atoms with van der Waals surface area (Å²) >= 11 is 1.37. The highest BCUT2D eigenvalue weighted by Gasteiger charge is 2.26. The number of benzene rings is 2. The number of hydrogen-bond donors (Lipinski definition) is 1. The number of nitrogens with zero attached hydrogens (tertiary/aromatic N) is 3. The number of carbonyl (C=O) groups excluding carboxylic acids is 2. The second-order valence-electron chi connectivity index (χ2n) is 9.35. The minimum absolute atomic E-state index is 0.0909. The van der Waals surface area contributed by atoms with E-state index < -0.39 is 0 Å². The quantitative estimate of drug-likeness (QED) is 0.528. The smallest absolute Gasteiger partial charge is 0.242 e. The largest absolute Gasteiger partial charge is 0.341 e. The van der Waals surface area contributed by atoms with Crippen molar-refractivity contribution in [1.29, 1.82) is 0 Å². The van der Waals surface area contributed by atoms with Crippen LogP contribution in [0.4, 0.5) is 5.69 Å². The van der Waals surface area contributed by atoms with Crippen LogP contribution in [0.2, 0.25) is 0 Å². The first-order chi connectivity index (χ1) is 15.8. The third-order valence-electron chi connectivity index (χ3n) is 6.26. The van der Waals surface area contributed by atoms with Gasteiger partial charge in [-0.05, 0) is 67.5 Å². The van der Waals surface area contributed by atoms with Crippen LogP contribution in [0.25, 0.3) is 11.0 Å². The Balaban J connectivity index is 1.48. The third-order valence-corrected chi connectivity index (χ3v) is 7.23. The summed E-state index contributed by atoms with van der Waals surface area (Å²) in [6.07, 6.45) is 1.16. The first kappa shape index (κ1) is 23.4. The van der Waals surface area contributed by atoms with E-state index in [1.54, 1.807) is 0 Å². The van der Waals surface area contributed by atoms with Crippen molar-refractivity contribution in [3.8, 4) is 0 Å². The van der Waals surface area contributed by atoms with Gasteiger partial charge in [0.2, 0.25) is 11.8 Å². The number of fused-ring (bicyclic) bond motifs is 1. The van der Waals surface area contributed by atoms with Crippen LogP contribution in [0.15, 0.2) is 47.6 Å². The molecule has 2 heterocycles. The number of rotatable bonds is 6. The van der Waals surface area contributed by atoms with Gasteiger partial charge in [-0.2, -0.15) is 0 Å². The maximum Gasteiger partial charge on any atom is 0.242 e. The van der Waals surface area contributed by atoms with Crippen molar-refractivity contribution in [3.63, 3.8) is 0 Å². The zero-order chi connectivity index (χ0) is 23.5. The summed E-state index contributed by atoms with van der Waals surface area (Å²) in [7, 11) is 0. The van der Waals surface area contributed by atoms with E-state index in [9.17, 15) is 9.59 Å². The normalized spacial score (nSPS) is 18.5. The molecule has 1 aliphatic rings. The van der Waals surface area contributed by atoms with E-state index >= 15 is 0 Å². The fourth-order valence-corrected chi connectivity index (χ4v) is 5.38. The van der Waals surface area contributed by atoms with Gasteiger partial charge in [0.15, 0.2) is 5.16 Å². The number of thioether (sulfide) groups is 1. The molecule has 4 rings (SSSR count). The van der Waals surface area contributed by atoms with Crippen molar-refractivity contribution < 1.29 is 9.59 Å². The van der Waals surface area contributed by atoms with Crippen molar-refractivity contribution in [2.75, 3.05) is 24.2 Å². The van der Waals surface area contributed by atoms with Gasteiger partial charge in [0.25, 0.3) is 0 Å². The Morgan fingerprint density at radius 1 is 1.06 bits per heavy atom. The van der Waals surface area contributed by atoms with E-state index in [2.05, 4.69) is 19.2 Å². The number of amides is 2. The second-order valence-corrected chi connectivity index (χ2v) is 10.3. The number of likely N-dealkylation sites (tertiary alicyclic amines) is 1. The summed E-state index contributed by atoms with van der Waals surface area (Å²) in [5, 5.41) is 3.66. The third kappa shape index (κ3) is 5.58. The average Bonchev–Trinajstić information content (AvgIpc) is 3.11. The van der Waals surface area contributed by atoms with Crippen molar-refractivity contribution >= 4 is 40.3 Å². The standard InChI is InChI=1S/C26H32N4O2S/c1-17-11-18(2)14-29(13-17)25(32)15-30-23-8-6-5-7-22(23)28-26(30)33-16-24(31)27-21-10-9-19(3)20(4)12-21/h5-10,12,17-18H,11,13-16H2,1-4H3,(H,27,31)/t17-,18+. The molecular formula is C26H32N4O2S. The lowest BCUT2D eigenvalue weighted by molar-refractivity contribution is -0.134. The Morgan fingerprint density at radius 3 is 2.52 bits per heavy atom. The van der Waals surface area contributed by atoms with Crippen LogP contribution in [0, 0.1) is 25.7 Å². The molecule has 1 saturated heterocycles. The molecule has 1 N–H and O–H groups in total. The van der Waals surface area contributed by atoms with Gasteiger partial charge in [-0.3, -0.25) is 9.59 Å². The maximum atomic E-state index is 13.2. The molecule has 3 aromatic rings. The van der Waals surface area contributed by atoms with Crippen LogP contribution in [0.3, 0.4) is 0 Å². The van der Waals surface area contributed by atoms with Gasteiger partial charge in [0.1, 0.15) is 6.54 Å². The van der Waals surface area contributed by atoms with Crippen molar-refractivity contribution in [3.05, 3.63) is 53.6 Å². The molecule has 2 aromatic carbocycles. The molecule has 0 saturated carbocycles. The topological polar surface area (TPSA) is 67.2 Å². The lowest BCUT2D eigenvalue weighted by Crippen LogP contribution is -2.44. The fourth-order valence-electron chi connectivity index (χ4n) is 4.56. The molecule has 1 aromatic heterocycles. The SMILES string of the molecule is Cc1ccc(NC(=O)CSc2nc3ccccc3n2CC(=O)N2C[C@H](C)C[C@H](C)C2)cc1C. The van der Waals surface area contributed by atoms with Crippen LogP contribution in [-0.4, -0.2) is 45.1 Å². The molecular weight excluding hydrogens is 432 g/mol. The van der Waals surface area contributed by atoms with Crippen LogP contribution in [0.1, 0.15) is 31.4 Å². The highest BCUT2D eigenvalue weighted by Crippen LogP contribution is 2.26. The summed E-state index contributed by atoms with van der Waals surface area (Å²) in [5.41, 5.74) is 4.88. The minimum atomic E-state index is -0.0909. The number of aryl methyl sites for hydroxylation is 2. The van der Waals surface area contributed by atoms with Gasteiger partial charge in [0, 0.05) is 18.8 Å². The van der Waals surface area contributed by atoms with E-state index in [4.69, 9.17) is 4.98 Å². The molecule has 0 spiro atoms. The Bertz CT molecular complexity index is 1160. The number of nitrogens with one attached hydrogen (secondary N) is 1. The fraction of sp³-hybridized carbons (Fsp3) is 0.423. The Kier molecular flexibility index (Phi) is 7.08. The highest BCUT2D eigenvalue weighted by molar-refractivity contribution is 7.99. The molecule has 1 fully saturated rings. The molecule has 2 amide bonds. The van der Waals surface area contributed by atoms with Gasteiger partial charge in [-0.15, -0.1) is 0 Å². The van der Waals surface area contributed by atoms with Crippen molar-refractivity contribution in [1.82, 2.24) is 14.5 Å². The minimum Gasteiger partial charge on any atom is -0.341 e. The van der Waals surface area contributed by atoms with Crippen LogP contribution in [-0.2, 0) is 16.1 Å². The van der Waals surface area contributed by atoms with E-state index in [1.807, 2.05) is 65.8 Å². The number of aromatic nitrogens is 2. The summed E-state index contributed by atoms with van der Waals surface area (Å²) in [6, 6.07) is 13.7. The molecule has 6 nitrogen and oxygen atoms in total. The highest BCUT2D eigenvalue weighted by atomic mass is 32.2. The summed E-state index contributed by atoms with van der Waals surface area (Å²) in [5.74, 6) is 1.27. The monoisotopic (exact) mass is 464 g/mol. The first-order valence-electron chi connectivity index (χ1n) is 11.5. The average molecular weight is 465 g/mol.